The van der Waals surface area contributed by atoms with Crippen LogP contribution in [-0.4, -0.2) is 30.3 Å². The number of thiazole rings is 1. The van der Waals surface area contributed by atoms with E-state index in [0.717, 1.165) is 21.5 Å². The first kappa shape index (κ1) is 22.2. The number of nitrogens with zero attached hydrogens (tertiary/aromatic N) is 2. The molecule has 160 valence electrons. The molecule has 0 N–H and O–H groups in total. The summed E-state index contributed by atoms with van der Waals surface area (Å²) in [6.07, 6.45) is 0.294. The molecular formula is C24H30N2O3S. The van der Waals surface area contributed by atoms with Crippen LogP contribution in [0.2, 0.25) is 0 Å². The van der Waals surface area contributed by atoms with E-state index in [2.05, 4.69) is 35.5 Å². The predicted molar refractivity (Wildman–Crippen MR) is 122 cm³/mol. The van der Waals surface area contributed by atoms with E-state index in [9.17, 15) is 4.79 Å². The molecule has 0 aliphatic rings. The maximum atomic E-state index is 12.7. The number of fused-ring (bicyclic) bond motifs is 1. The highest BCUT2D eigenvalue weighted by molar-refractivity contribution is 7.16. The van der Waals surface area contributed by atoms with Crippen molar-refractivity contribution < 1.29 is 14.3 Å². The summed E-state index contributed by atoms with van der Waals surface area (Å²) in [5.74, 6) is 1.16. The highest BCUT2D eigenvalue weighted by Crippen LogP contribution is 2.23. The topological polar surface area (TPSA) is 52.8 Å². The quantitative estimate of drug-likeness (QED) is 0.456. The van der Waals surface area contributed by atoms with E-state index in [0.29, 0.717) is 43.5 Å². The lowest BCUT2D eigenvalue weighted by molar-refractivity contribution is -0.117. The van der Waals surface area contributed by atoms with Gasteiger partial charge in [-0.15, -0.1) is 0 Å². The zero-order chi connectivity index (χ0) is 21.5. The predicted octanol–water partition coefficient (Wildman–Crippen LogP) is 4.93. The minimum Gasteiger partial charge on any atom is -0.494 e. The second kappa shape index (κ2) is 10.5. The van der Waals surface area contributed by atoms with Crippen molar-refractivity contribution in [2.45, 2.75) is 46.6 Å². The van der Waals surface area contributed by atoms with Gasteiger partial charge in [0.2, 0.25) is 0 Å². The van der Waals surface area contributed by atoms with Gasteiger partial charge in [-0.25, -0.2) is 0 Å². The third-order valence-corrected chi connectivity index (χ3v) is 5.89. The zero-order valence-corrected chi connectivity index (χ0v) is 19.0. The standard InChI is InChI=1S/C24H30N2O3S/c1-5-28-14-13-26-21-12-11-20(29-6-2)16-22(21)30-24(26)25-23(27)15-18-7-9-19(10-8-18)17(3)4/h7-12,16-17H,5-6,13-15H2,1-4H3. The number of hydrogen-bond acceptors (Lipinski definition) is 4. The minimum absolute atomic E-state index is 0.144. The van der Waals surface area contributed by atoms with Gasteiger partial charge in [-0.2, -0.15) is 4.99 Å². The van der Waals surface area contributed by atoms with Crippen LogP contribution in [0.25, 0.3) is 10.2 Å². The third-order valence-electron chi connectivity index (χ3n) is 4.85. The van der Waals surface area contributed by atoms with Crippen LogP contribution in [0.1, 0.15) is 44.7 Å². The highest BCUT2D eigenvalue weighted by atomic mass is 32.1. The average molecular weight is 427 g/mol. The molecule has 5 nitrogen and oxygen atoms in total. The van der Waals surface area contributed by atoms with Crippen LogP contribution in [-0.2, 0) is 22.5 Å². The van der Waals surface area contributed by atoms with Crippen LogP contribution >= 0.6 is 11.3 Å². The molecule has 1 heterocycles. The van der Waals surface area contributed by atoms with Crippen LogP contribution in [0.4, 0.5) is 0 Å². The maximum absolute atomic E-state index is 12.7. The lowest BCUT2D eigenvalue weighted by Gasteiger charge is -2.07. The summed E-state index contributed by atoms with van der Waals surface area (Å²) >= 11 is 1.51. The molecule has 0 aliphatic carbocycles. The number of benzene rings is 2. The van der Waals surface area contributed by atoms with Crippen LogP contribution in [0.3, 0.4) is 0 Å². The first-order valence-corrected chi connectivity index (χ1v) is 11.3. The first-order chi connectivity index (χ1) is 14.5. The normalized spacial score (nSPS) is 12.1. The van der Waals surface area contributed by atoms with Crippen molar-refractivity contribution in [1.82, 2.24) is 4.57 Å². The summed E-state index contributed by atoms with van der Waals surface area (Å²) in [5.41, 5.74) is 3.29. The second-order valence-electron chi connectivity index (χ2n) is 7.37. The number of aromatic nitrogens is 1. The van der Waals surface area contributed by atoms with Gasteiger partial charge in [-0.3, -0.25) is 4.79 Å². The molecule has 0 radical (unpaired) electrons. The summed E-state index contributed by atoms with van der Waals surface area (Å²) < 4.78 is 14.3. The molecule has 0 aliphatic heterocycles. The molecule has 0 unspecified atom stereocenters. The molecule has 0 spiro atoms. The van der Waals surface area contributed by atoms with Crippen molar-refractivity contribution in [2.24, 2.45) is 4.99 Å². The fourth-order valence-corrected chi connectivity index (χ4v) is 4.35. The molecule has 0 fully saturated rings. The van der Waals surface area contributed by atoms with Crippen LogP contribution in [0.15, 0.2) is 47.5 Å². The molecule has 2 aromatic carbocycles. The van der Waals surface area contributed by atoms with E-state index in [1.165, 1.54) is 16.9 Å². The molecule has 3 rings (SSSR count). The Morgan fingerprint density at radius 2 is 1.87 bits per heavy atom. The van der Waals surface area contributed by atoms with E-state index in [1.54, 1.807) is 0 Å². The van der Waals surface area contributed by atoms with E-state index in [1.807, 2.05) is 44.2 Å². The SMILES string of the molecule is CCOCCn1c(=NC(=O)Cc2ccc(C(C)C)cc2)sc2cc(OCC)ccc21. The number of carbonyl (C=O) groups is 1. The van der Waals surface area contributed by atoms with Gasteiger partial charge < -0.3 is 14.0 Å². The number of ether oxygens (including phenoxy) is 2. The Balaban J connectivity index is 1.89. The Kier molecular flexibility index (Phi) is 7.82. The van der Waals surface area contributed by atoms with Crippen molar-refractivity contribution in [1.29, 1.82) is 0 Å². The second-order valence-corrected chi connectivity index (χ2v) is 8.38. The molecule has 1 amide bonds. The summed E-state index contributed by atoms with van der Waals surface area (Å²) in [4.78, 5) is 17.8. The first-order valence-electron chi connectivity index (χ1n) is 10.5. The van der Waals surface area contributed by atoms with Crippen LogP contribution in [0.5, 0.6) is 5.75 Å². The van der Waals surface area contributed by atoms with Crippen molar-refractivity contribution in [3.05, 3.63) is 58.4 Å². The lowest BCUT2D eigenvalue weighted by Crippen LogP contribution is -2.20. The fourth-order valence-electron chi connectivity index (χ4n) is 3.25. The average Bonchev–Trinajstić information content (AvgIpc) is 3.05. The minimum atomic E-state index is -0.144. The van der Waals surface area contributed by atoms with Gasteiger partial charge in [0.1, 0.15) is 5.75 Å². The number of hydrogen-bond donors (Lipinski definition) is 0. The Morgan fingerprint density at radius 3 is 2.53 bits per heavy atom. The third kappa shape index (κ3) is 5.58. The fraction of sp³-hybridized carbons (Fsp3) is 0.417. The Hall–Kier alpha value is -2.44. The molecule has 0 bridgehead atoms. The van der Waals surface area contributed by atoms with Crippen molar-refractivity contribution in [3.8, 4) is 5.75 Å². The number of carbonyl (C=O) groups excluding carboxylic acids is 1. The Bertz CT molecular complexity index is 1050. The molecular weight excluding hydrogens is 396 g/mol. The molecule has 0 saturated heterocycles. The molecule has 6 heteroatoms. The Morgan fingerprint density at radius 1 is 1.10 bits per heavy atom. The maximum Gasteiger partial charge on any atom is 0.252 e. The summed E-state index contributed by atoms with van der Waals surface area (Å²) in [7, 11) is 0. The molecule has 1 aromatic heterocycles. The van der Waals surface area contributed by atoms with Crippen molar-refractivity contribution in [2.75, 3.05) is 19.8 Å². The van der Waals surface area contributed by atoms with Crippen LogP contribution in [0, 0.1) is 0 Å². The molecule has 0 atom stereocenters. The van der Waals surface area contributed by atoms with Gasteiger partial charge >= 0.3 is 0 Å². The van der Waals surface area contributed by atoms with Crippen molar-refractivity contribution in [3.63, 3.8) is 0 Å². The van der Waals surface area contributed by atoms with Gasteiger partial charge in [-0.05, 0) is 49.1 Å². The zero-order valence-electron chi connectivity index (χ0n) is 18.2. The lowest BCUT2D eigenvalue weighted by atomic mass is 10.0. The highest BCUT2D eigenvalue weighted by Gasteiger charge is 2.10. The smallest absolute Gasteiger partial charge is 0.252 e. The van der Waals surface area contributed by atoms with Crippen LogP contribution < -0.4 is 9.54 Å². The van der Waals surface area contributed by atoms with E-state index in [4.69, 9.17) is 9.47 Å². The summed E-state index contributed by atoms with van der Waals surface area (Å²) in [6, 6.07) is 14.2. The summed E-state index contributed by atoms with van der Waals surface area (Å²) in [6.45, 7) is 10.8. The van der Waals surface area contributed by atoms with Gasteiger partial charge in [0.15, 0.2) is 4.80 Å². The van der Waals surface area contributed by atoms with E-state index >= 15 is 0 Å². The summed E-state index contributed by atoms with van der Waals surface area (Å²) in [5, 5.41) is 0. The van der Waals surface area contributed by atoms with E-state index in [-0.39, 0.29) is 5.91 Å². The molecule has 0 saturated carbocycles. The largest absolute Gasteiger partial charge is 0.494 e. The molecule has 30 heavy (non-hydrogen) atoms. The van der Waals surface area contributed by atoms with E-state index < -0.39 is 0 Å². The Labute approximate surface area is 182 Å². The van der Waals surface area contributed by atoms with Crippen molar-refractivity contribution >= 4 is 27.5 Å². The van der Waals surface area contributed by atoms with Gasteiger partial charge in [0, 0.05) is 13.2 Å². The number of rotatable bonds is 9. The van der Waals surface area contributed by atoms with Gasteiger partial charge in [0.25, 0.3) is 5.91 Å². The monoisotopic (exact) mass is 426 g/mol. The van der Waals surface area contributed by atoms with Gasteiger partial charge in [0.05, 0.1) is 29.9 Å². The molecule has 3 aromatic rings. The van der Waals surface area contributed by atoms with Gasteiger partial charge in [-0.1, -0.05) is 49.4 Å². The number of amides is 1.